The van der Waals surface area contributed by atoms with E-state index in [4.69, 9.17) is 5.26 Å². The van der Waals surface area contributed by atoms with Crippen LogP contribution in [-0.4, -0.2) is 24.5 Å². The SMILES string of the molecule is CC(C#N)NCCCC(=O)NC1CC1. The second-order valence-corrected chi connectivity index (χ2v) is 3.75. The predicted molar refractivity (Wildman–Crippen MR) is 53.5 cm³/mol. The first-order chi connectivity index (χ1) is 6.72. The maximum atomic E-state index is 11.2. The molecular formula is C10H17N3O. The van der Waals surface area contributed by atoms with Gasteiger partial charge in [-0.15, -0.1) is 0 Å². The van der Waals surface area contributed by atoms with E-state index < -0.39 is 0 Å². The fourth-order valence-corrected chi connectivity index (χ4v) is 1.14. The lowest BCUT2D eigenvalue weighted by atomic mass is 10.2. The summed E-state index contributed by atoms with van der Waals surface area (Å²) in [6.45, 7) is 2.54. The lowest BCUT2D eigenvalue weighted by Gasteiger charge is -2.05. The highest BCUT2D eigenvalue weighted by Crippen LogP contribution is 2.18. The largest absolute Gasteiger partial charge is 0.353 e. The van der Waals surface area contributed by atoms with Crippen LogP contribution in [0.25, 0.3) is 0 Å². The maximum Gasteiger partial charge on any atom is 0.220 e. The first-order valence-corrected chi connectivity index (χ1v) is 5.14. The Hall–Kier alpha value is -1.08. The van der Waals surface area contributed by atoms with Gasteiger partial charge in [0.25, 0.3) is 0 Å². The molecule has 1 unspecified atom stereocenters. The molecule has 2 N–H and O–H groups in total. The highest BCUT2D eigenvalue weighted by Gasteiger charge is 2.22. The van der Waals surface area contributed by atoms with E-state index in [9.17, 15) is 4.79 Å². The van der Waals surface area contributed by atoms with Gasteiger partial charge in [-0.25, -0.2) is 0 Å². The van der Waals surface area contributed by atoms with Gasteiger partial charge >= 0.3 is 0 Å². The third-order valence-corrected chi connectivity index (χ3v) is 2.17. The first kappa shape index (κ1) is 11.0. The van der Waals surface area contributed by atoms with Gasteiger partial charge < -0.3 is 10.6 Å². The summed E-state index contributed by atoms with van der Waals surface area (Å²) < 4.78 is 0. The molecule has 4 heteroatoms. The Bertz CT molecular complexity index is 230. The number of nitriles is 1. The highest BCUT2D eigenvalue weighted by molar-refractivity contribution is 5.76. The minimum atomic E-state index is -0.124. The molecule has 1 amide bonds. The van der Waals surface area contributed by atoms with Crippen molar-refractivity contribution in [2.45, 2.75) is 44.7 Å². The van der Waals surface area contributed by atoms with Gasteiger partial charge in [0.05, 0.1) is 12.1 Å². The van der Waals surface area contributed by atoms with Crippen LogP contribution in [0.2, 0.25) is 0 Å². The molecule has 1 fully saturated rings. The normalized spacial score (nSPS) is 17.1. The zero-order valence-electron chi connectivity index (χ0n) is 8.55. The van der Waals surface area contributed by atoms with Gasteiger partial charge in [-0.3, -0.25) is 4.79 Å². The summed E-state index contributed by atoms with van der Waals surface area (Å²) in [6.07, 6.45) is 3.62. The van der Waals surface area contributed by atoms with Crippen LogP contribution in [0.1, 0.15) is 32.6 Å². The van der Waals surface area contributed by atoms with Crippen LogP contribution in [0.15, 0.2) is 0 Å². The monoisotopic (exact) mass is 195 g/mol. The zero-order chi connectivity index (χ0) is 10.4. The molecule has 1 rings (SSSR count). The number of carbonyl (C=O) groups excluding carboxylic acids is 1. The van der Waals surface area contributed by atoms with Gasteiger partial charge in [0, 0.05) is 12.5 Å². The number of nitrogens with zero attached hydrogens (tertiary/aromatic N) is 1. The average molecular weight is 195 g/mol. The Kier molecular flexibility index (Phi) is 4.41. The van der Waals surface area contributed by atoms with Crippen molar-refractivity contribution in [2.75, 3.05) is 6.54 Å². The van der Waals surface area contributed by atoms with Crippen LogP contribution >= 0.6 is 0 Å². The Labute approximate surface area is 84.7 Å². The quantitative estimate of drug-likeness (QED) is 0.608. The number of hydrogen-bond donors (Lipinski definition) is 2. The van der Waals surface area contributed by atoms with E-state index in [0.717, 1.165) is 25.8 Å². The Morgan fingerprint density at radius 3 is 2.93 bits per heavy atom. The molecule has 4 nitrogen and oxygen atoms in total. The van der Waals surface area contributed by atoms with Crippen LogP contribution in [-0.2, 0) is 4.79 Å². The summed E-state index contributed by atoms with van der Waals surface area (Å²) in [5.41, 5.74) is 0. The second-order valence-electron chi connectivity index (χ2n) is 3.75. The lowest BCUT2D eigenvalue weighted by Crippen LogP contribution is -2.28. The third kappa shape index (κ3) is 4.83. The van der Waals surface area contributed by atoms with E-state index in [1.54, 1.807) is 0 Å². The molecule has 0 heterocycles. The second kappa shape index (κ2) is 5.61. The number of carbonyl (C=O) groups is 1. The molecule has 0 radical (unpaired) electrons. The Balaban J connectivity index is 1.92. The molecule has 0 saturated heterocycles. The van der Waals surface area contributed by atoms with Crippen LogP contribution in [0, 0.1) is 11.3 Å². The topological polar surface area (TPSA) is 64.9 Å². The van der Waals surface area contributed by atoms with Crippen molar-refractivity contribution < 1.29 is 4.79 Å². The molecule has 0 aromatic rings. The molecule has 1 atom stereocenters. The zero-order valence-corrected chi connectivity index (χ0v) is 8.55. The molecule has 1 aliphatic carbocycles. The van der Waals surface area contributed by atoms with E-state index in [1.807, 2.05) is 6.92 Å². The van der Waals surface area contributed by atoms with Gasteiger partial charge in [0.15, 0.2) is 0 Å². The molecule has 1 aliphatic rings. The van der Waals surface area contributed by atoms with Gasteiger partial charge in [0.2, 0.25) is 5.91 Å². The smallest absolute Gasteiger partial charge is 0.220 e. The molecule has 0 aromatic heterocycles. The van der Waals surface area contributed by atoms with E-state index in [1.165, 1.54) is 0 Å². The summed E-state index contributed by atoms with van der Waals surface area (Å²) in [5, 5.41) is 14.4. The minimum Gasteiger partial charge on any atom is -0.353 e. The molecule has 0 bridgehead atoms. The molecular weight excluding hydrogens is 178 g/mol. The van der Waals surface area contributed by atoms with E-state index >= 15 is 0 Å². The van der Waals surface area contributed by atoms with Gasteiger partial charge in [-0.05, 0) is 32.7 Å². The molecule has 0 aliphatic heterocycles. The standard InChI is InChI=1S/C10H17N3O/c1-8(7-11)12-6-2-3-10(14)13-9-4-5-9/h8-9,12H,2-6H2,1H3,(H,13,14). The van der Waals surface area contributed by atoms with Gasteiger partial charge in [-0.2, -0.15) is 5.26 Å². The molecule has 0 spiro atoms. The number of amides is 1. The first-order valence-electron chi connectivity index (χ1n) is 5.14. The summed E-state index contributed by atoms with van der Waals surface area (Å²) >= 11 is 0. The van der Waals surface area contributed by atoms with Crippen LogP contribution < -0.4 is 10.6 Å². The van der Waals surface area contributed by atoms with Crippen LogP contribution in [0.3, 0.4) is 0 Å². The van der Waals surface area contributed by atoms with Crippen molar-refractivity contribution in [3.63, 3.8) is 0 Å². The fraction of sp³-hybridized carbons (Fsp3) is 0.800. The molecule has 78 valence electrons. The summed E-state index contributed by atoms with van der Waals surface area (Å²) in [4.78, 5) is 11.2. The minimum absolute atomic E-state index is 0.124. The van der Waals surface area contributed by atoms with Crippen molar-refractivity contribution in [2.24, 2.45) is 0 Å². The van der Waals surface area contributed by atoms with Crippen molar-refractivity contribution >= 4 is 5.91 Å². The fourth-order valence-electron chi connectivity index (χ4n) is 1.14. The lowest BCUT2D eigenvalue weighted by molar-refractivity contribution is -0.121. The Morgan fingerprint density at radius 1 is 1.64 bits per heavy atom. The van der Waals surface area contributed by atoms with Gasteiger partial charge in [0.1, 0.15) is 0 Å². The number of nitrogens with one attached hydrogen (secondary N) is 2. The molecule has 0 aromatic carbocycles. The summed E-state index contributed by atoms with van der Waals surface area (Å²) in [7, 11) is 0. The van der Waals surface area contributed by atoms with E-state index in [-0.39, 0.29) is 11.9 Å². The third-order valence-electron chi connectivity index (χ3n) is 2.17. The van der Waals surface area contributed by atoms with Crippen molar-refractivity contribution in [3.8, 4) is 6.07 Å². The number of rotatable bonds is 6. The molecule has 14 heavy (non-hydrogen) atoms. The predicted octanol–water partition coefficient (Wildman–Crippen LogP) is 0.547. The van der Waals surface area contributed by atoms with Crippen molar-refractivity contribution in [3.05, 3.63) is 0 Å². The Morgan fingerprint density at radius 2 is 2.36 bits per heavy atom. The van der Waals surface area contributed by atoms with Crippen molar-refractivity contribution in [1.82, 2.24) is 10.6 Å². The maximum absolute atomic E-state index is 11.2. The summed E-state index contributed by atoms with van der Waals surface area (Å²) in [6, 6.07) is 2.41. The van der Waals surface area contributed by atoms with Crippen LogP contribution in [0.4, 0.5) is 0 Å². The van der Waals surface area contributed by atoms with E-state index in [2.05, 4.69) is 16.7 Å². The highest BCUT2D eigenvalue weighted by atomic mass is 16.1. The van der Waals surface area contributed by atoms with E-state index in [0.29, 0.717) is 12.5 Å². The van der Waals surface area contributed by atoms with Crippen LogP contribution in [0.5, 0.6) is 0 Å². The molecule has 1 saturated carbocycles. The summed E-state index contributed by atoms with van der Waals surface area (Å²) in [5.74, 6) is 0.138. The average Bonchev–Trinajstić information content (AvgIpc) is 2.95. The van der Waals surface area contributed by atoms with Crippen molar-refractivity contribution in [1.29, 1.82) is 5.26 Å². The van der Waals surface area contributed by atoms with Gasteiger partial charge in [-0.1, -0.05) is 0 Å². The number of hydrogen-bond acceptors (Lipinski definition) is 3.